The zero-order valence-corrected chi connectivity index (χ0v) is 15.8. The molecule has 2 rings (SSSR count). The zero-order chi connectivity index (χ0) is 20.6. The van der Waals surface area contributed by atoms with Gasteiger partial charge in [-0.1, -0.05) is 24.1 Å². The average Bonchev–Trinajstić information content (AvgIpc) is 2.69. The molecule has 0 aliphatic heterocycles. The Morgan fingerprint density at radius 2 is 1.75 bits per heavy atom. The number of nitrogens with zero attached hydrogens (tertiary/aromatic N) is 1. The summed E-state index contributed by atoms with van der Waals surface area (Å²) in [5, 5.41) is 19.2. The Morgan fingerprint density at radius 1 is 1.07 bits per heavy atom. The third-order valence-corrected chi connectivity index (χ3v) is 4.12. The topological polar surface area (TPSA) is 87.5 Å². The number of hydrogen-bond donors (Lipinski definition) is 2. The van der Waals surface area contributed by atoms with Crippen molar-refractivity contribution in [2.75, 3.05) is 6.61 Å². The van der Waals surface area contributed by atoms with Gasteiger partial charge in [0.2, 0.25) is 0 Å². The standard InChI is InChI=1S/C23H21NO4/c1-23(2,28)20(22(27)16-25)15-21(26)18-12-10-17(11-13-18)7-3-4-8-19-9-5-6-14-24-19/h5-6,9-14,20,25,28H,15-16H2,1-2H3/t20-/m1/s1. The lowest BCUT2D eigenvalue weighted by Crippen LogP contribution is -2.39. The number of aliphatic hydroxyl groups is 2. The first-order chi connectivity index (χ1) is 13.3. The SMILES string of the molecule is CC(C)(O)[C@H](CC(=O)c1ccc(C#CC#Cc2ccccn2)cc1)C(=O)CO. The summed E-state index contributed by atoms with van der Waals surface area (Å²) >= 11 is 0. The molecular formula is C23H21NO4. The van der Waals surface area contributed by atoms with Crippen LogP contribution in [0.3, 0.4) is 0 Å². The van der Waals surface area contributed by atoms with Crippen molar-refractivity contribution in [1.82, 2.24) is 4.98 Å². The van der Waals surface area contributed by atoms with E-state index in [1.807, 2.05) is 12.1 Å². The normalized spacial score (nSPS) is 11.4. The summed E-state index contributed by atoms with van der Waals surface area (Å²) in [4.78, 5) is 28.3. The van der Waals surface area contributed by atoms with Gasteiger partial charge < -0.3 is 10.2 Å². The second-order valence-electron chi connectivity index (χ2n) is 6.75. The third-order valence-electron chi connectivity index (χ3n) is 4.12. The van der Waals surface area contributed by atoms with E-state index >= 15 is 0 Å². The van der Waals surface area contributed by atoms with Crippen molar-refractivity contribution in [2.45, 2.75) is 25.9 Å². The van der Waals surface area contributed by atoms with Gasteiger partial charge in [-0.3, -0.25) is 9.59 Å². The zero-order valence-electron chi connectivity index (χ0n) is 15.8. The fourth-order valence-electron chi connectivity index (χ4n) is 2.55. The Hall–Kier alpha value is -3.25. The van der Waals surface area contributed by atoms with Gasteiger partial charge in [0.05, 0.1) is 11.5 Å². The third kappa shape index (κ3) is 6.17. The van der Waals surface area contributed by atoms with Crippen LogP contribution in [0.5, 0.6) is 0 Å². The summed E-state index contributed by atoms with van der Waals surface area (Å²) in [5.74, 6) is 9.35. The molecule has 2 N–H and O–H groups in total. The number of ketones is 2. The minimum Gasteiger partial charge on any atom is -0.390 e. The first kappa shape index (κ1) is 21.1. The molecule has 5 heteroatoms. The van der Waals surface area contributed by atoms with Crippen molar-refractivity contribution in [3.05, 3.63) is 65.5 Å². The summed E-state index contributed by atoms with van der Waals surface area (Å²) in [6.45, 7) is 2.18. The summed E-state index contributed by atoms with van der Waals surface area (Å²) in [5.41, 5.74) is 0.340. The van der Waals surface area contributed by atoms with E-state index in [4.69, 9.17) is 5.11 Å². The summed E-state index contributed by atoms with van der Waals surface area (Å²) in [7, 11) is 0. The molecule has 0 unspecified atom stereocenters. The van der Waals surface area contributed by atoms with Crippen LogP contribution in [-0.4, -0.2) is 39.0 Å². The maximum atomic E-state index is 12.4. The van der Waals surface area contributed by atoms with Gasteiger partial charge in [-0.05, 0) is 55.9 Å². The van der Waals surface area contributed by atoms with E-state index in [9.17, 15) is 14.7 Å². The molecule has 1 aromatic carbocycles. The minimum absolute atomic E-state index is 0.177. The van der Waals surface area contributed by atoms with E-state index < -0.39 is 23.9 Å². The number of benzene rings is 1. The van der Waals surface area contributed by atoms with E-state index in [-0.39, 0.29) is 12.2 Å². The Morgan fingerprint density at radius 3 is 2.32 bits per heavy atom. The first-order valence-corrected chi connectivity index (χ1v) is 8.73. The lowest BCUT2D eigenvalue weighted by Gasteiger charge is -2.27. The number of aliphatic hydroxyl groups excluding tert-OH is 1. The highest BCUT2D eigenvalue weighted by atomic mass is 16.3. The fourth-order valence-corrected chi connectivity index (χ4v) is 2.55. The number of carbonyl (C=O) groups excluding carboxylic acids is 2. The summed E-state index contributed by atoms with van der Waals surface area (Å²) in [6, 6.07) is 12.1. The first-order valence-electron chi connectivity index (χ1n) is 8.73. The van der Waals surface area contributed by atoms with Gasteiger partial charge in [0.1, 0.15) is 12.3 Å². The smallest absolute Gasteiger partial charge is 0.164 e. The van der Waals surface area contributed by atoms with Crippen LogP contribution in [0.25, 0.3) is 0 Å². The maximum Gasteiger partial charge on any atom is 0.164 e. The van der Waals surface area contributed by atoms with E-state index in [2.05, 4.69) is 28.7 Å². The molecule has 0 radical (unpaired) electrons. The van der Waals surface area contributed by atoms with Gasteiger partial charge in [0.15, 0.2) is 11.6 Å². The molecule has 28 heavy (non-hydrogen) atoms. The van der Waals surface area contributed by atoms with E-state index in [0.29, 0.717) is 16.8 Å². The van der Waals surface area contributed by atoms with Gasteiger partial charge in [0.25, 0.3) is 0 Å². The molecule has 0 spiro atoms. The van der Waals surface area contributed by atoms with Gasteiger partial charge >= 0.3 is 0 Å². The largest absolute Gasteiger partial charge is 0.390 e. The van der Waals surface area contributed by atoms with Crippen LogP contribution >= 0.6 is 0 Å². The van der Waals surface area contributed by atoms with Crippen LogP contribution in [0.15, 0.2) is 48.7 Å². The number of carbonyl (C=O) groups is 2. The Kier molecular flexibility index (Phi) is 7.23. The summed E-state index contributed by atoms with van der Waals surface area (Å²) in [6.07, 6.45) is 1.48. The number of aromatic nitrogens is 1. The molecule has 0 aliphatic carbocycles. The lowest BCUT2D eigenvalue weighted by atomic mass is 9.82. The van der Waals surface area contributed by atoms with Crippen LogP contribution in [0, 0.1) is 29.6 Å². The molecule has 0 saturated carbocycles. The summed E-state index contributed by atoms with van der Waals surface area (Å²) < 4.78 is 0. The van der Waals surface area contributed by atoms with Gasteiger partial charge in [-0.25, -0.2) is 4.98 Å². The Balaban J connectivity index is 2.06. The van der Waals surface area contributed by atoms with Crippen molar-refractivity contribution >= 4 is 11.6 Å². The molecule has 0 amide bonds. The van der Waals surface area contributed by atoms with Gasteiger partial charge in [0, 0.05) is 23.7 Å². The lowest BCUT2D eigenvalue weighted by molar-refractivity contribution is -0.133. The van der Waals surface area contributed by atoms with Crippen molar-refractivity contribution in [2.24, 2.45) is 5.92 Å². The Bertz CT molecular complexity index is 949. The van der Waals surface area contributed by atoms with Crippen molar-refractivity contribution in [3.8, 4) is 23.7 Å². The number of Topliss-reactive ketones (excluding diaryl/α,β-unsaturated/α-hetero) is 2. The second-order valence-corrected chi connectivity index (χ2v) is 6.75. The van der Waals surface area contributed by atoms with Gasteiger partial charge in [-0.15, -0.1) is 0 Å². The predicted molar refractivity (Wildman–Crippen MR) is 105 cm³/mol. The molecular weight excluding hydrogens is 354 g/mol. The number of hydrogen-bond acceptors (Lipinski definition) is 5. The molecule has 0 aliphatic rings. The van der Waals surface area contributed by atoms with E-state index in [1.54, 1.807) is 36.5 Å². The second kappa shape index (κ2) is 9.62. The highest BCUT2D eigenvalue weighted by molar-refractivity contribution is 5.99. The van der Waals surface area contributed by atoms with Crippen molar-refractivity contribution < 1.29 is 19.8 Å². The van der Waals surface area contributed by atoms with Crippen LogP contribution in [0.2, 0.25) is 0 Å². The van der Waals surface area contributed by atoms with Crippen LogP contribution in [0.4, 0.5) is 0 Å². The molecule has 0 saturated heterocycles. The van der Waals surface area contributed by atoms with Gasteiger partial charge in [-0.2, -0.15) is 0 Å². The van der Waals surface area contributed by atoms with Crippen molar-refractivity contribution in [3.63, 3.8) is 0 Å². The Labute approximate surface area is 164 Å². The molecule has 1 aromatic heterocycles. The van der Waals surface area contributed by atoms with Crippen LogP contribution in [0.1, 0.15) is 41.9 Å². The highest BCUT2D eigenvalue weighted by Gasteiger charge is 2.34. The van der Waals surface area contributed by atoms with Crippen molar-refractivity contribution in [1.29, 1.82) is 0 Å². The number of pyridine rings is 1. The number of rotatable bonds is 6. The monoisotopic (exact) mass is 375 g/mol. The molecule has 1 atom stereocenters. The molecule has 5 nitrogen and oxygen atoms in total. The highest BCUT2D eigenvalue weighted by Crippen LogP contribution is 2.23. The molecule has 142 valence electrons. The predicted octanol–water partition coefficient (Wildman–Crippen LogP) is 2.01. The molecule has 0 bridgehead atoms. The maximum absolute atomic E-state index is 12.4. The average molecular weight is 375 g/mol. The van der Waals surface area contributed by atoms with Crippen LogP contribution < -0.4 is 0 Å². The quantitative estimate of drug-likeness (QED) is 0.596. The van der Waals surface area contributed by atoms with E-state index in [0.717, 1.165) is 0 Å². The minimum atomic E-state index is -1.40. The van der Waals surface area contributed by atoms with Crippen LogP contribution in [-0.2, 0) is 4.79 Å². The molecule has 0 fully saturated rings. The molecule has 1 heterocycles. The fraction of sp³-hybridized carbons (Fsp3) is 0.261. The van der Waals surface area contributed by atoms with E-state index in [1.165, 1.54) is 13.8 Å². The molecule has 2 aromatic rings.